The number of carboxylic acids is 1. The van der Waals surface area contributed by atoms with Crippen LogP contribution in [0.1, 0.15) is 41.0 Å². The average Bonchev–Trinajstić information content (AvgIpc) is 2.48. The van der Waals surface area contributed by atoms with Crippen molar-refractivity contribution in [1.29, 1.82) is 0 Å². The van der Waals surface area contributed by atoms with Gasteiger partial charge >= 0.3 is 5.97 Å². The summed E-state index contributed by atoms with van der Waals surface area (Å²) in [5, 5.41) is 9.89. The number of carboxylic acid groups (broad SMARTS) is 1. The molecule has 0 saturated heterocycles. The van der Waals surface area contributed by atoms with Crippen LogP contribution < -0.4 is 17.2 Å². The number of ketones is 1. The smallest absolute Gasteiger partial charge is 0.338 e. The molecular formula is C16H30N4O5. The first kappa shape index (κ1) is 23.2. The number of rotatable bonds is 9. The molecule has 3 atom stereocenters. The molecular weight excluding hydrogens is 328 g/mol. The molecule has 0 bridgehead atoms. The van der Waals surface area contributed by atoms with Crippen LogP contribution in [-0.2, 0) is 19.2 Å². The fourth-order valence-electron chi connectivity index (χ4n) is 2.79. The average molecular weight is 358 g/mol. The molecule has 144 valence electrons. The minimum atomic E-state index is -2.46. The van der Waals surface area contributed by atoms with Crippen LogP contribution in [0.5, 0.6) is 0 Å². The Hall–Kier alpha value is -1.84. The molecule has 0 aliphatic heterocycles. The fourth-order valence-corrected chi connectivity index (χ4v) is 2.79. The molecule has 0 aliphatic rings. The van der Waals surface area contributed by atoms with Gasteiger partial charge in [0.05, 0.1) is 18.6 Å². The van der Waals surface area contributed by atoms with Gasteiger partial charge in [-0.1, -0.05) is 27.7 Å². The number of aliphatic carboxylic acids is 1. The Morgan fingerprint density at radius 3 is 1.80 bits per heavy atom. The zero-order valence-corrected chi connectivity index (χ0v) is 15.5. The Labute approximate surface area is 147 Å². The van der Waals surface area contributed by atoms with E-state index in [2.05, 4.69) is 0 Å². The number of carbonyl (C=O) groups excluding carboxylic acids is 3. The number of carbonyl (C=O) groups is 4. The van der Waals surface area contributed by atoms with E-state index in [1.807, 2.05) is 13.8 Å². The Bertz CT molecular complexity index is 533. The summed E-state index contributed by atoms with van der Waals surface area (Å²) in [6, 6.07) is -2.35. The summed E-state index contributed by atoms with van der Waals surface area (Å²) in [6.45, 7) is 7.15. The molecule has 9 nitrogen and oxygen atoms in total. The molecule has 0 aromatic rings. The SMILES string of the molecule is CC(C)CC(N)C(=O)C(C(=O)O)(C(C)C)N(C(=O)CN)C(=O)C(C)N. The van der Waals surface area contributed by atoms with Crippen molar-refractivity contribution in [3.05, 3.63) is 0 Å². The Balaban J connectivity index is 6.54. The molecule has 9 heteroatoms. The van der Waals surface area contributed by atoms with Crippen LogP contribution in [0.25, 0.3) is 0 Å². The van der Waals surface area contributed by atoms with E-state index >= 15 is 0 Å². The van der Waals surface area contributed by atoms with Gasteiger partial charge in [-0.2, -0.15) is 0 Å². The second-order valence-corrected chi connectivity index (χ2v) is 6.89. The van der Waals surface area contributed by atoms with E-state index < -0.39 is 53.7 Å². The summed E-state index contributed by atoms with van der Waals surface area (Å²) < 4.78 is 0. The van der Waals surface area contributed by atoms with Gasteiger partial charge in [0.15, 0.2) is 5.78 Å². The molecule has 0 spiro atoms. The van der Waals surface area contributed by atoms with Crippen molar-refractivity contribution < 1.29 is 24.3 Å². The monoisotopic (exact) mass is 358 g/mol. The van der Waals surface area contributed by atoms with Crippen molar-refractivity contribution >= 4 is 23.6 Å². The molecule has 0 aromatic carbocycles. The van der Waals surface area contributed by atoms with Crippen LogP contribution in [0.3, 0.4) is 0 Å². The van der Waals surface area contributed by atoms with Crippen molar-refractivity contribution in [2.75, 3.05) is 6.54 Å². The molecule has 7 N–H and O–H groups in total. The summed E-state index contributed by atoms with van der Waals surface area (Å²) in [6.07, 6.45) is 0.206. The maximum atomic E-state index is 13.0. The summed E-state index contributed by atoms with van der Waals surface area (Å²) in [7, 11) is 0. The van der Waals surface area contributed by atoms with Crippen molar-refractivity contribution in [2.45, 2.75) is 58.7 Å². The fraction of sp³-hybridized carbons (Fsp3) is 0.750. The lowest BCUT2D eigenvalue weighted by Crippen LogP contribution is -2.72. The van der Waals surface area contributed by atoms with E-state index in [-0.39, 0.29) is 12.3 Å². The number of Topliss-reactive ketones (excluding diaryl/α,β-unsaturated/α-hetero) is 1. The zero-order chi connectivity index (χ0) is 20.1. The Kier molecular flexibility index (Phi) is 8.36. The molecule has 3 unspecified atom stereocenters. The van der Waals surface area contributed by atoms with Gasteiger partial charge in [-0.3, -0.25) is 19.3 Å². The molecule has 0 rings (SSSR count). The lowest BCUT2D eigenvalue weighted by molar-refractivity contribution is -0.174. The van der Waals surface area contributed by atoms with Crippen molar-refractivity contribution in [1.82, 2.24) is 4.90 Å². The number of nitrogens with two attached hydrogens (primary N) is 3. The van der Waals surface area contributed by atoms with Gasteiger partial charge in [-0.25, -0.2) is 4.79 Å². The van der Waals surface area contributed by atoms with Crippen LogP contribution in [0.2, 0.25) is 0 Å². The van der Waals surface area contributed by atoms with E-state index in [1.54, 1.807) is 0 Å². The number of nitrogens with zero attached hydrogens (tertiary/aromatic N) is 1. The standard InChI is InChI=1S/C16H30N4O5/c1-8(2)6-11(19)13(22)16(9(3)4,15(24)25)20(12(21)7-17)14(23)10(5)18/h8-11H,6-7,17-19H2,1-5H3,(H,24,25). The molecule has 0 saturated carbocycles. The Morgan fingerprint density at radius 2 is 1.52 bits per heavy atom. The summed E-state index contributed by atoms with van der Waals surface area (Å²) in [5.41, 5.74) is 14.4. The van der Waals surface area contributed by atoms with Gasteiger partial charge in [0, 0.05) is 0 Å². The molecule has 25 heavy (non-hydrogen) atoms. The second kappa shape index (κ2) is 9.02. The number of hydrogen-bond donors (Lipinski definition) is 4. The van der Waals surface area contributed by atoms with Crippen molar-refractivity contribution in [3.63, 3.8) is 0 Å². The Morgan fingerprint density at radius 1 is 1.04 bits per heavy atom. The highest BCUT2D eigenvalue weighted by Gasteiger charge is 2.59. The maximum absolute atomic E-state index is 13.0. The van der Waals surface area contributed by atoms with Gasteiger partial charge < -0.3 is 22.3 Å². The first-order chi connectivity index (χ1) is 11.3. The van der Waals surface area contributed by atoms with Gasteiger partial charge in [0.2, 0.25) is 17.4 Å². The second-order valence-electron chi connectivity index (χ2n) is 6.89. The molecule has 0 aromatic heterocycles. The highest BCUT2D eigenvalue weighted by atomic mass is 16.4. The molecule has 0 heterocycles. The van der Waals surface area contributed by atoms with E-state index in [1.165, 1.54) is 20.8 Å². The van der Waals surface area contributed by atoms with Crippen molar-refractivity contribution in [3.8, 4) is 0 Å². The minimum Gasteiger partial charge on any atom is -0.479 e. The predicted octanol–water partition coefficient (Wildman–Crippen LogP) is -0.931. The van der Waals surface area contributed by atoms with Crippen LogP contribution in [0, 0.1) is 11.8 Å². The third kappa shape index (κ3) is 4.62. The zero-order valence-electron chi connectivity index (χ0n) is 15.5. The molecule has 0 radical (unpaired) electrons. The summed E-state index contributed by atoms with van der Waals surface area (Å²) >= 11 is 0. The van der Waals surface area contributed by atoms with E-state index in [0.29, 0.717) is 4.90 Å². The van der Waals surface area contributed by atoms with E-state index in [4.69, 9.17) is 17.2 Å². The molecule has 0 aliphatic carbocycles. The summed E-state index contributed by atoms with van der Waals surface area (Å²) in [4.78, 5) is 50.5. The van der Waals surface area contributed by atoms with Gasteiger partial charge in [-0.15, -0.1) is 0 Å². The normalized spacial score (nSPS) is 16.2. The first-order valence-electron chi connectivity index (χ1n) is 8.21. The lowest BCUT2D eigenvalue weighted by atomic mass is 9.76. The highest BCUT2D eigenvalue weighted by Crippen LogP contribution is 2.30. The third-order valence-electron chi connectivity index (χ3n) is 3.99. The van der Waals surface area contributed by atoms with Gasteiger partial charge in [-0.05, 0) is 25.2 Å². The summed E-state index contributed by atoms with van der Waals surface area (Å²) in [5.74, 6) is -5.46. The minimum absolute atomic E-state index is 0.0143. The quantitative estimate of drug-likeness (QED) is 0.383. The van der Waals surface area contributed by atoms with E-state index in [9.17, 15) is 24.3 Å². The van der Waals surface area contributed by atoms with E-state index in [0.717, 1.165) is 0 Å². The van der Waals surface area contributed by atoms with Crippen LogP contribution in [0.15, 0.2) is 0 Å². The van der Waals surface area contributed by atoms with Crippen molar-refractivity contribution in [2.24, 2.45) is 29.0 Å². The highest BCUT2D eigenvalue weighted by molar-refractivity contribution is 6.17. The lowest BCUT2D eigenvalue weighted by Gasteiger charge is -2.42. The van der Waals surface area contributed by atoms with Gasteiger partial charge in [0.1, 0.15) is 0 Å². The maximum Gasteiger partial charge on any atom is 0.338 e. The molecule has 0 fully saturated rings. The number of imide groups is 1. The number of amides is 2. The van der Waals surface area contributed by atoms with Crippen LogP contribution in [0.4, 0.5) is 0 Å². The topological polar surface area (TPSA) is 170 Å². The first-order valence-corrected chi connectivity index (χ1v) is 8.21. The largest absolute Gasteiger partial charge is 0.479 e. The predicted molar refractivity (Wildman–Crippen MR) is 92.2 cm³/mol. The van der Waals surface area contributed by atoms with Gasteiger partial charge in [0.25, 0.3) is 0 Å². The van der Waals surface area contributed by atoms with Crippen LogP contribution in [-0.4, -0.2) is 57.7 Å². The molecule has 2 amide bonds. The number of hydrogen-bond acceptors (Lipinski definition) is 7. The third-order valence-corrected chi connectivity index (χ3v) is 3.99. The van der Waals surface area contributed by atoms with Crippen LogP contribution >= 0.6 is 0 Å².